The van der Waals surface area contributed by atoms with Crippen molar-refractivity contribution in [3.8, 4) is 11.5 Å². The van der Waals surface area contributed by atoms with E-state index in [1.165, 1.54) is 0 Å². The summed E-state index contributed by atoms with van der Waals surface area (Å²) in [7, 11) is 0. The molecular weight excluding hydrogens is 194 g/mol. The van der Waals surface area contributed by atoms with Gasteiger partial charge >= 0.3 is 0 Å². The molecule has 0 spiro atoms. The van der Waals surface area contributed by atoms with Gasteiger partial charge in [0, 0.05) is 6.54 Å². The van der Waals surface area contributed by atoms with Gasteiger partial charge in [-0.05, 0) is 25.5 Å². The molecule has 0 saturated heterocycles. The van der Waals surface area contributed by atoms with Gasteiger partial charge in [-0.15, -0.1) is 0 Å². The molecule has 0 unspecified atom stereocenters. The number of hydrogen-bond donors (Lipinski definition) is 2. The Balaban J connectivity index is 2.44. The first-order chi connectivity index (χ1) is 7.38. The highest BCUT2D eigenvalue weighted by atomic mass is 16.5. The molecule has 15 heavy (non-hydrogen) atoms. The summed E-state index contributed by atoms with van der Waals surface area (Å²) >= 11 is 0. The van der Waals surface area contributed by atoms with E-state index in [1.807, 2.05) is 31.2 Å². The second-order valence-electron chi connectivity index (χ2n) is 2.99. The zero-order valence-corrected chi connectivity index (χ0v) is 8.90. The van der Waals surface area contributed by atoms with Crippen molar-refractivity contribution in [2.75, 3.05) is 19.8 Å². The van der Waals surface area contributed by atoms with E-state index in [-0.39, 0.29) is 0 Å². The van der Waals surface area contributed by atoms with Gasteiger partial charge in [-0.25, -0.2) is 5.48 Å². The molecule has 2 N–H and O–H groups in total. The predicted molar refractivity (Wildman–Crippen MR) is 57.5 cm³/mol. The highest BCUT2D eigenvalue weighted by molar-refractivity contribution is 5.39. The minimum absolute atomic E-state index is 0.525. The highest BCUT2D eigenvalue weighted by Gasteiger charge is 2.02. The van der Waals surface area contributed by atoms with Crippen molar-refractivity contribution in [2.24, 2.45) is 0 Å². The molecule has 0 heterocycles. The first kappa shape index (κ1) is 11.8. The number of hydroxylamine groups is 1. The fourth-order valence-electron chi connectivity index (χ4n) is 1.18. The summed E-state index contributed by atoms with van der Waals surface area (Å²) in [5.74, 6) is 1.51. The summed E-state index contributed by atoms with van der Waals surface area (Å²) in [6.07, 6.45) is 0.747. The van der Waals surface area contributed by atoms with Gasteiger partial charge in [0.25, 0.3) is 0 Å². The molecule has 0 radical (unpaired) electrons. The fourth-order valence-corrected chi connectivity index (χ4v) is 1.18. The van der Waals surface area contributed by atoms with Crippen LogP contribution in [0.2, 0.25) is 0 Å². The molecule has 0 atom stereocenters. The van der Waals surface area contributed by atoms with E-state index in [0.717, 1.165) is 17.9 Å². The molecule has 4 heteroatoms. The molecule has 0 bridgehead atoms. The maximum absolute atomic E-state index is 8.37. The van der Waals surface area contributed by atoms with E-state index >= 15 is 0 Å². The molecule has 0 aliphatic rings. The van der Waals surface area contributed by atoms with Crippen LogP contribution >= 0.6 is 0 Å². The van der Waals surface area contributed by atoms with Crippen LogP contribution in [0.5, 0.6) is 11.5 Å². The van der Waals surface area contributed by atoms with Gasteiger partial charge in [-0.3, -0.25) is 0 Å². The fraction of sp³-hybridized carbons (Fsp3) is 0.455. The summed E-state index contributed by atoms with van der Waals surface area (Å²) < 4.78 is 10.9. The van der Waals surface area contributed by atoms with E-state index in [9.17, 15) is 0 Å². The van der Waals surface area contributed by atoms with Crippen molar-refractivity contribution in [1.82, 2.24) is 5.48 Å². The number of rotatable bonds is 7. The maximum Gasteiger partial charge on any atom is 0.161 e. The van der Waals surface area contributed by atoms with Crippen LogP contribution in [0, 0.1) is 0 Å². The third kappa shape index (κ3) is 4.18. The molecule has 0 aliphatic carbocycles. The molecular formula is C11H17NO3. The molecule has 1 aromatic rings. The third-order valence-electron chi connectivity index (χ3n) is 1.84. The number of para-hydroxylation sites is 2. The van der Waals surface area contributed by atoms with Crippen molar-refractivity contribution in [3.05, 3.63) is 24.3 Å². The lowest BCUT2D eigenvalue weighted by molar-refractivity contribution is 0.157. The van der Waals surface area contributed by atoms with Gasteiger partial charge in [0.05, 0.1) is 13.2 Å². The summed E-state index contributed by atoms with van der Waals surface area (Å²) in [6.45, 7) is 3.64. The summed E-state index contributed by atoms with van der Waals surface area (Å²) in [5, 5.41) is 8.37. The van der Waals surface area contributed by atoms with Crippen molar-refractivity contribution in [3.63, 3.8) is 0 Å². The molecule has 84 valence electrons. The Morgan fingerprint density at radius 2 is 1.87 bits per heavy atom. The third-order valence-corrected chi connectivity index (χ3v) is 1.84. The van der Waals surface area contributed by atoms with Crippen LogP contribution in [-0.4, -0.2) is 25.0 Å². The van der Waals surface area contributed by atoms with E-state index in [2.05, 4.69) is 5.48 Å². The van der Waals surface area contributed by atoms with Crippen LogP contribution in [0.1, 0.15) is 13.3 Å². The molecule has 0 fully saturated rings. The van der Waals surface area contributed by atoms with Crippen LogP contribution in [-0.2, 0) is 0 Å². The quantitative estimate of drug-likeness (QED) is 0.533. The zero-order chi connectivity index (χ0) is 10.9. The van der Waals surface area contributed by atoms with Gasteiger partial charge in [-0.1, -0.05) is 12.1 Å². The SMILES string of the molecule is CCOc1ccccc1OCCCNO. The molecule has 0 amide bonds. The van der Waals surface area contributed by atoms with Crippen LogP contribution in [0.25, 0.3) is 0 Å². The average Bonchev–Trinajstić information content (AvgIpc) is 2.27. The van der Waals surface area contributed by atoms with Crippen molar-refractivity contribution in [2.45, 2.75) is 13.3 Å². The maximum atomic E-state index is 8.37. The molecule has 1 aromatic carbocycles. The highest BCUT2D eigenvalue weighted by Crippen LogP contribution is 2.26. The average molecular weight is 211 g/mol. The van der Waals surface area contributed by atoms with Gasteiger partial charge in [0.15, 0.2) is 11.5 Å². The monoisotopic (exact) mass is 211 g/mol. The summed E-state index contributed by atoms with van der Waals surface area (Å²) in [5.41, 5.74) is 2.08. The second-order valence-corrected chi connectivity index (χ2v) is 2.99. The lowest BCUT2D eigenvalue weighted by atomic mass is 10.3. The Morgan fingerprint density at radius 1 is 1.20 bits per heavy atom. The lowest BCUT2D eigenvalue weighted by Crippen LogP contribution is -2.12. The Morgan fingerprint density at radius 3 is 2.47 bits per heavy atom. The number of nitrogens with one attached hydrogen (secondary N) is 1. The Bertz CT molecular complexity index is 278. The number of benzene rings is 1. The molecule has 0 aromatic heterocycles. The minimum atomic E-state index is 0.525. The number of hydrogen-bond acceptors (Lipinski definition) is 4. The topological polar surface area (TPSA) is 50.7 Å². The Hall–Kier alpha value is -1.26. The molecule has 0 saturated carbocycles. The normalized spacial score (nSPS) is 10.0. The van der Waals surface area contributed by atoms with E-state index in [0.29, 0.717) is 19.8 Å². The van der Waals surface area contributed by atoms with E-state index < -0.39 is 0 Å². The van der Waals surface area contributed by atoms with Gasteiger partial charge < -0.3 is 14.7 Å². The van der Waals surface area contributed by atoms with Gasteiger partial charge in [-0.2, -0.15) is 0 Å². The van der Waals surface area contributed by atoms with Crippen LogP contribution in [0.3, 0.4) is 0 Å². The summed E-state index contributed by atoms with van der Waals surface area (Å²) in [4.78, 5) is 0. The van der Waals surface area contributed by atoms with Gasteiger partial charge in [0.1, 0.15) is 0 Å². The smallest absolute Gasteiger partial charge is 0.161 e. The Labute approximate surface area is 89.8 Å². The lowest BCUT2D eigenvalue weighted by Gasteiger charge is -2.11. The second kappa shape index (κ2) is 7.09. The first-order valence-electron chi connectivity index (χ1n) is 5.10. The minimum Gasteiger partial charge on any atom is -0.490 e. The standard InChI is InChI=1S/C11H17NO3/c1-2-14-10-6-3-4-7-11(10)15-9-5-8-12-13/h3-4,6-7,12-13H,2,5,8-9H2,1H3. The van der Waals surface area contributed by atoms with Crippen molar-refractivity contribution in [1.29, 1.82) is 0 Å². The first-order valence-corrected chi connectivity index (χ1v) is 5.10. The number of ether oxygens (including phenoxy) is 2. The van der Waals surface area contributed by atoms with Crippen LogP contribution in [0.15, 0.2) is 24.3 Å². The van der Waals surface area contributed by atoms with E-state index in [1.54, 1.807) is 0 Å². The van der Waals surface area contributed by atoms with Crippen molar-refractivity contribution < 1.29 is 14.7 Å². The van der Waals surface area contributed by atoms with Crippen LogP contribution in [0.4, 0.5) is 0 Å². The van der Waals surface area contributed by atoms with Crippen LogP contribution < -0.4 is 15.0 Å². The largest absolute Gasteiger partial charge is 0.490 e. The molecule has 1 rings (SSSR count). The van der Waals surface area contributed by atoms with E-state index in [4.69, 9.17) is 14.7 Å². The zero-order valence-electron chi connectivity index (χ0n) is 8.90. The van der Waals surface area contributed by atoms with Gasteiger partial charge in [0.2, 0.25) is 0 Å². The Kier molecular flexibility index (Phi) is 5.58. The van der Waals surface area contributed by atoms with Crippen molar-refractivity contribution >= 4 is 0 Å². The molecule has 4 nitrogen and oxygen atoms in total. The summed E-state index contributed by atoms with van der Waals surface area (Å²) in [6, 6.07) is 7.57. The predicted octanol–water partition coefficient (Wildman–Crippen LogP) is 1.83. The molecule has 0 aliphatic heterocycles.